The van der Waals surface area contributed by atoms with E-state index in [9.17, 15) is 0 Å². The maximum atomic E-state index is 5.73. The summed E-state index contributed by atoms with van der Waals surface area (Å²) in [5.74, 6) is 0. The first-order chi connectivity index (χ1) is 9.19. The Morgan fingerprint density at radius 2 is 1.89 bits per heavy atom. The lowest BCUT2D eigenvalue weighted by molar-refractivity contribution is 0.0564. The van der Waals surface area contributed by atoms with Crippen molar-refractivity contribution in [1.29, 1.82) is 0 Å². The van der Waals surface area contributed by atoms with Crippen molar-refractivity contribution in [3.63, 3.8) is 0 Å². The van der Waals surface area contributed by atoms with Gasteiger partial charge in [0.25, 0.3) is 0 Å². The standard InChI is InChI=1S/C17H27NO/c1-14(2)19-13-10-16(18-3)17(11-7-12-17)15-8-5-4-6-9-15/h4-6,8-9,14,16,18H,7,10-13H2,1-3H3. The average molecular weight is 261 g/mol. The summed E-state index contributed by atoms with van der Waals surface area (Å²) in [6.45, 7) is 5.05. The smallest absolute Gasteiger partial charge is 0.0518 e. The van der Waals surface area contributed by atoms with Gasteiger partial charge in [-0.15, -0.1) is 0 Å². The molecule has 1 aromatic rings. The summed E-state index contributed by atoms with van der Waals surface area (Å²) in [6, 6.07) is 11.5. The van der Waals surface area contributed by atoms with Gasteiger partial charge in [0.2, 0.25) is 0 Å². The van der Waals surface area contributed by atoms with Crippen molar-refractivity contribution in [3.8, 4) is 0 Å². The average Bonchev–Trinajstić information content (AvgIpc) is 2.36. The number of likely N-dealkylation sites (N-methyl/N-ethyl adjacent to an activating group) is 1. The second-order valence-corrected chi connectivity index (χ2v) is 5.93. The van der Waals surface area contributed by atoms with Gasteiger partial charge in [-0.05, 0) is 45.7 Å². The Hall–Kier alpha value is -0.860. The van der Waals surface area contributed by atoms with Crippen molar-refractivity contribution >= 4 is 0 Å². The third-order valence-corrected chi connectivity index (χ3v) is 4.47. The van der Waals surface area contributed by atoms with Crippen LogP contribution in [0.15, 0.2) is 30.3 Å². The highest BCUT2D eigenvalue weighted by molar-refractivity contribution is 5.30. The Bertz CT molecular complexity index is 370. The van der Waals surface area contributed by atoms with Crippen LogP contribution in [0.5, 0.6) is 0 Å². The van der Waals surface area contributed by atoms with Crippen LogP contribution in [0.1, 0.15) is 45.1 Å². The van der Waals surface area contributed by atoms with Gasteiger partial charge in [-0.1, -0.05) is 36.8 Å². The van der Waals surface area contributed by atoms with Crippen molar-refractivity contribution in [2.75, 3.05) is 13.7 Å². The van der Waals surface area contributed by atoms with E-state index in [0.717, 1.165) is 13.0 Å². The lowest BCUT2D eigenvalue weighted by atomic mass is 9.59. The van der Waals surface area contributed by atoms with Gasteiger partial charge in [0.05, 0.1) is 6.10 Å². The van der Waals surface area contributed by atoms with Gasteiger partial charge in [0, 0.05) is 18.1 Å². The molecule has 2 heteroatoms. The molecule has 0 saturated heterocycles. The molecule has 2 nitrogen and oxygen atoms in total. The number of hydrogen-bond donors (Lipinski definition) is 1. The summed E-state index contributed by atoms with van der Waals surface area (Å²) < 4.78 is 5.73. The van der Waals surface area contributed by atoms with E-state index in [2.05, 4.69) is 56.5 Å². The van der Waals surface area contributed by atoms with Gasteiger partial charge in [0.1, 0.15) is 0 Å². The summed E-state index contributed by atoms with van der Waals surface area (Å²) in [4.78, 5) is 0. The Morgan fingerprint density at radius 1 is 1.21 bits per heavy atom. The molecular formula is C17H27NO. The molecule has 2 rings (SSSR count). The lowest BCUT2D eigenvalue weighted by Gasteiger charge is -2.48. The van der Waals surface area contributed by atoms with Gasteiger partial charge < -0.3 is 10.1 Å². The Labute approximate surface area is 117 Å². The topological polar surface area (TPSA) is 21.3 Å². The van der Waals surface area contributed by atoms with Gasteiger partial charge in [-0.3, -0.25) is 0 Å². The fraction of sp³-hybridized carbons (Fsp3) is 0.647. The van der Waals surface area contributed by atoms with E-state index in [-0.39, 0.29) is 0 Å². The zero-order chi connectivity index (χ0) is 13.7. The van der Waals surface area contributed by atoms with E-state index in [1.54, 1.807) is 0 Å². The predicted octanol–water partition coefficient (Wildman–Crippen LogP) is 3.51. The Morgan fingerprint density at radius 3 is 2.37 bits per heavy atom. The molecule has 0 radical (unpaired) electrons. The Balaban J connectivity index is 2.06. The highest BCUT2D eigenvalue weighted by atomic mass is 16.5. The fourth-order valence-corrected chi connectivity index (χ4v) is 3.28. The van der Waals surface area contributed by atoms with Gasteiger partial charge in [-0.25, -0.2) is 0 Å². The van der Waals surface area contributed by atoms with E-state index in [4.69, 9.17) is 4.74 Å². The third-order valence-electron chi connectivity index (χ3n) is 4.47. The first-order valence-electron chi connectivity index (χ1n) is 7.53. The number of nitrogens with one attached hydrogen (secondary N) is 1. The molecule has 0 aromatic heterocycles. The summed E-state index contributed by atoms with van der Waals surface area (Å²) in [7, 11) is 2.09. The van der Waals surface area contributed by atoms with Crippen LogP contribution in [-0.2, 0) is 10.2 Å². The van der Waals surface area contributed by atoms with E-state index in [0.29, 0.717) is 17.6 Å². The van der Waals surface area contributed by atoms with Gasteiger partial charge in [-0.2, -0.15) is 0 Å². The molecule has 0 spiro atoms. The minimum absolute atomic E-state index is 0.326. The molecule has 1 fully saturated rings. The second kappa shape index (κ2) is 6.53. The molecule has 1 aromatic carbocycles. The van der Waals surface area contributed by atoms with Crippen LogP contribution in [0, 0.1) is 0 Å². The van der Waals surface area contributed by atoms with Crippen LogP contribution in [0.4, 0.5) is 0 Å². The highest BCUT2D eigenvalue weighted by Gasteiger charge is 2.44. The summed E-state index contributed by atoms with van der Waals surface area (Å²) in [6.07, 6.45) is 5.35. The quantitative estimate of drug-likeness (QED) is 0.811. The minimum atomic E-state index is 0.326. The molecule has 1 atom stereocenters. The molecule has 0 bridgehead atoms. The molecular weight excluding hydrogens is 234 g/mol. The van der Waals surface area contributed by atoms with Crippen LogP contribution in [0.25, 0.3) is 0 Å². The third kappa shape index (κ3) is 3.18. The molecule has 0 aliphatic heterocycles. The predicted molar refractivity (Wildman–Crippen MR) is 80.5 cm³/mol. The zero-order valence-electron chi connectivity index (χ0n) is 12.5. The summed E-state index contributed by atoms with van der Waals surface area (Å²) in [5, 5.41) is 3.54. The van der Waals surface area contributed by atoms with E-state index < -0.39 is 0 Å². The molecule has 0 heterocycles. The number of ether oxygens (including phenoxy) is 1. The highest BCUT2D eigenvalue weighted by Crippen LogP contribution is 2.47. The van der Waals surface area contributed by atoms with Gasteiger partial charge in [0.15, 0.2) is 0 Å². The van der Waals surface area contributed by atoms with Crippen molar-refractivity contribution < 1.29 is 4.74 Å². The van der Waals surface area contributed by atoms with Crippen molar-refractivity contribution in [2.45, 2.75) is 57.1 Å². The first kappa shape index (κ1) is 14.5. The van der Waals surface area contributed by atoms with Crippen LogP contribution >= 0.6 is 0 Å². The summed E-state index contributed by atoms with van der Waals surface area (Å²) >= 11 is 0. The van der Waals surface area contributed by atoms with Crippen molar-refractivity contribution in [2.24, 2.45) is 0 Å². The number of hydrogen-bond acceptors (Lipinski definition) is 2. The van der Waals surface area contributed by atoms with E-state index >= 15 is 0 Å². The van der Waals surface area contributed by atoms with Crippen LogP contribution in [-0.4, -0.2) is 25.8 Å². The van der Waals surface area contributed by atoms with Crippen LogP contribution in [0.3, 0.4) is 0 Å². The van der Waals surface area contributed by atoms with E-state index in [1.807, 2.05) is 0 Å². The van der Waals surface area contributed by atoms with Crippen molar-refractivity contribution in [3.05, 3.63) is 35.9 Å². The molecule has 1 aliphatic carbocycles. The van der Waals surface area contributed by atoms with Crippen LogP contribution in [0.2, 0.25) is 0 Å². The molecule has 1 aliphatic rings. The molecule has 0 amide bonds. The monoisotopic (exact) mass is 261 g/mol. The second-order valence-electron chi connectivity index (χ2n) is 5.93. The molecule has 19 heavy (non-hydrogen) atoms. The molecule has 1 unspecified atom stereocenters. The SMILES string of the molecule is CNC(CCOC(C)C)C1(c2ccccc2)CCC1. The molecule has 1 N–H and O–H groups in total. The maximum Gasteiger partial charge on any atom is 0.0518 e. The van der Waals surface area contributed by atoms with Gasteiger partial charge >= 0.3 is 0 Å². The minimum Gasteiger partial charge on any atom is -0.379 e. The lowest BCUT2D eigenvalue weighted by Crippen LogP contribution is -2.52. The number of rotatable bonds is 7. The number of benzene rings is 1. The Kier molecular flexibility index (Phi) is 5.00. The largest absolute Gasteiger partial charge is 0.379 e. The normalized spacial score (nSPS) is 19.2. The fourth-order valence-electron chi connectivity index (χ4n) is 3.28. The van der Waals surface area contributed by atoms with Crippen molar-refractivity contribution in [1.82, 2.24) is 5.32 Å². The molecule has 1 saturated carbocycles. The zero-order valence-corrected chi connectivity index (χ0v) is 12.5. The van der Waals surface area contributed by atoms with Crippen LogP contribution < -0.4 is 5.32 Å². The summed E-state index contributed by atoms with van der Waals surface area (Å²) in [5.41, 5.74) is 1.82. The van der Waals surface area contributed by atoms with E-state index in [1.165, 1.54) is 24.8 Å². The molecule has 106 valence electrons. The maximum absolute atomic E-state index is 5.73. The first-order valence-corrected chi connectivity index (χ1v) is 7.53.